The van der Waals surface area contributed by atoms with Crippen LogP contribution in [0.2, 0.25) is 0 Å². The van der Waals surface area contributed by atoms with Gasteiger partial charge in [0, 0.05) is 31.6 Å². The SMILES string of the molecule is CCO[C@@H]1OC(C(=O)NCC2CC2)=C[C@H](c2cccc3c2Cc2ccccc2-3)[C@@H]1CCCO. The van der Waals surface area contributed by atoms with Crippen molar-refractivity contribution in [1.82, 2.24) is 5.32 Å². The Hall–Kier alpha value is -2.63. The molecule has 5 rings (SSSR count). The van der Waals surface area contributed by atoms with Crippen molar-refractivity contribution >= 4 is 5.91 Å². The third-order valence-electron chi connectivity index (χ3n) is 7.13. The van der Waals surface area contributed by atoms with Crippen LogP contribution >= 0.6 is 0 Å². The summed E-state index contributed by atoms with van der Waals surface area (Å²) in [6, 6.07) is 15.1. The molecule has 0 spiro atoms. The van der Waals surface area contributed by atoms with Gasteiger partial charge in [-0.15, -0.1) is 0 Å². The summed E-state index contributed by atoms with van der Waals surface area (Å²) in [6.07, 6.45) is 6.17. The van der Waals surface area contributed by atoms with Gasteiger partial charge < -0.3 is 19.9 Å². The topological polar surface area (TPSA) is 67.8 Å². The summed E-state index contributed by atoms with van der Waals surface area (Å²) in [7, 11) is 0. The second-order valence-electron chi connectivity index (χ2n) is 9.39. The Morgan fingerprint density at radius 2 is 1.97 bits per heavy atom. The van der Waals surface area contributed by atoms with Crippen LogP contribution in [0, 0.1) is 11.8 Å². The minimum Gasteiger partial charge on any atom is -0.459 e. The number of nitrogens with one attached hydrogen (secondary N) is 1. The van der Waals surface area contributed by atoms with E-state index in [4.69, 9.17) is 9.47 Å². The summed E-state index contributed by atoms with van der Waals surface area (Å²) < 4.78 is 12.1. The number of hydrogen-bond donors (Lipinski definition) is 2. The molecule has 0 bridgehead atoms. The fraction of sp³-hybridized carbons (Fsp3) is 0.464. The number of carbonyl (C=O) groups is 1. The zero-order chi connectivity index (χ0) is 22.8. The molecule has 2 N–H and O–H groups in total. The van der Waals surface area contributed by atoms with E-state index in [0.717, 1.165) is 12.8 Å². The number of ether oxygens (including phenoxy) is 2. The smallest absolute Gasteiger partial charge is 0.286 e. The maximum atomic E-state index is 13.0. The van der Waals surface area contributed by atoms with E-state index in [1.54, 1.807) is 0 Å². The number of aliphatic hydroxyl groups is 1. The fourth-order valence-electron chi connectivity index (χ4n) is 5.26. The van der Waals surface area contributed by atoms with Gasteiger partial charge in [0.15, 0.2) is 5.76 Å². The van der Waals surface area contributed by atoms with E-state index < -0.39 is 6.29 Å². The molecule has 0 saturated heterocycles. The molecule has 0 aromatic heterocycles. The van der Waals surface area contributed by atoms with Crippen LogP contribution in [0.4, 0.5) is 0 Å². The predicted molar refractivity (Wildman–Crippen MR) is 128 cm³/mol. The standard InChI is InChI=1S/C28H33NO4/c1-2-32-28-23(11-6-14-30)25(16-26(33-28)27(31)29-17-18-12-13-18)22-10-5-9-21-20-8-4-3-7-19(20)15-24(21)22/h3-5,7-10,16,18,23,25,28,30H,2,6,11-15,17H2,1H3,(H,29,31)/t23-,25+,28+/m0/s1. The average molecular weight is 448 g/mol. The van der Waals surface area contributed by atoms with E-state index in [1.807, 2.05) is 13.0 Å². The first-order chi connectivity index (χ1) is 16.2. The van der Waals surface area contributed by atoms with Gasteiger partial charge in [0.05, 0.1) is 0 Å². The first-order valence-corrected chi connectivity index (χ1v) is 12.3. The van der Waals surface area contributed by atoms with Crippen molar-refractivity contribution in [3.05, 3.63) is 71.0 Å². The molecule has 2 aliphatic carbocycles. The molecular weight excluding hydrogens is 414 g/mol. The van der Waals surface area contributed by atoms with Gasteiger partial charge in [-0.1, -0.05) is 42.5 Å². The lowest BCUT2D eigenvalue weighted by atomic mass is 9.78. The maximum Gasteiger partial charge on any atom is 0.286 e. The minimum absolute atomic E-state index is 0.0206. The van der Waals surface area contributed by atoms with Crippen LogP contribution in [0.1, 0.15) is 55.2 Å². The van der Waals surface area contributed by atoms with Crippen LogP contribution in [0.3, 0.4) is 0 Å². The molecule has 2 aromatic rings. The van der Waals surface area contributed by atoms with Crippen LogP contribution < -0.4 is 5.32 Å². The van der Waals surface area contributed by atoms with Crippen LogP contribution in [0.25, 0.3) is 11.1 Å². The average Bonchev–Trinajstić information content (AvgIpc) is 3.59. The third kappa shape index (κ3) is 4.57. The highest BCUT2D eigenvalue weighted by atomic mass is 16.7. The van der Waals surface area contributed by atoms with Crippen LogP contribution in [-0.2, 0) is 20.7 Å². The zero-order valence-corrected chi connectivity index (χ0v) is 19.3. The Balaban J connectivity index is 1.53. The van der Waals surface area contributed by atoms with E-state index in [0.29, 0.717) is 31.2 Å². The summed E-state index contributed by atoms with van der Waals surface area (Å²) in [5, 5.41) is 12.6. The molecule has 174 valence electrons. The molecule has 5 heteroatoms. The molecule has 1 saturated carbocycles. The molecule has 33 heavy (non-hydrogen) atoms. The molecule has 0 unspecified atom stereocenters. The molecule has 1 amide bonds. The number of hydrogen-bond acceptors (Lipinski definition) is 4. The number of amides is 1. The summed E-state index contributed by atoms with van der Waals surface area (Å²) >= 11 is 0. The molecule has 5 nitrogen and oxygen atoms in total. The molecule has 1 heterocycles. The molecule has 2 aromatic carbocycles. The minimum atomic E-state index is -0.516. The van der Waals surface area contributed by atoms with Gasteiger partial charge in [-0.25, -0.2) is 0 Å². The van der Waals surface area contributed by atoms with Crippen molar-refractivity contribution in [2.24, 2.45) is 11.8 Å². The highest BCUT2D eigenvalue weighted by Crippen LogP contribution is 2.46. The number of rotatable bonds is 9. The first kappa shape index (κ1) is 22.2. The lowest BCUT2D eigenvalue weighted by Crippen LogP contribution is -2.39. The van der Waals surface area contributed by atoms with Gasteiger partial charge in [0.2, 0.25) is 6.29 Å². The van der Waals surface area contributed by atoms with Gasteiger partial charge in [0.25, 0.3) is 5.91 Å². The van der Waals surface area contributed by atoms with Crippen LogP contribution in [0.5, 0.6) is 0 Å². The Labute approximate surface area is 195 Å². The highest BCUT2D eigenvalue weighted by Gasteiger charge is 2.39. The second-order valence-corrected chi connectivity index (χ2v) is 9.39. The maximum absolute atomic E-state index is 13.0. The quantitative estimate of drug-likeness (QED) is 0.506. The lowest BCUT2D eigenvalue weighted by Gasteiger charge is -2.37. The first-order valence-electron chi connectivity index (χ1n) is 12.3. The van der Waals surface area contributed by atoms with Crippen molar-refractivity contribution in [1.29, 1.82) is 0 Å². The zero-order valence-electron chi connectivity index (χ0n) is 19.3. The summed E-state index contributed by atoms with van der Waals surface area (Å²) in [5.74, 6) is 0.797. The van der Waals surface area contributed by atoms with Gasteiger partial charge in [-0.05, 0) is 78.8 Å². The molecule has 3 atom stereocenters. The third-order valence-corrected chi connectivity index (χ3v) is 7.13. The van der Waals surface area contributed by atoms with Crippen LogP contribution in [-0.4, -0.2) is 37.1 Å². The van der Waals surface area contributed by atoms with Crippen molar-refractivity contribution in [2.45, 2.75) is 51.2 Å². The largest absolute Gasteiger partial charge is 0.459 e. The number of fused-ring (bicyclic) bond motifs is 3. The summed E-state index contributed by atoms with van der Waals surface area (Å²) in [5.41, 5.74) is 6.46. The number of allylic oxidation sites excluding steroid dienone is 1. The van der Waals surface area contributed by atoms with Crippen molar-refractivity contribution < 1.29 is 19.4 Å². The Bertz CT molecular complexity index is 1040. The Kier molecular flexibility index (Phi) is 6.52. The van der Waals surface area contributed by atoms with Crippen molar-refractivity contribution in [3.8, 4) is 11.1 Å². The Morgan fingerprint density at radius 3 is 2.76 bits per heavy atom. The molecule has 1 fully saturated rings. The normalized spacial score (nSPS) is 23.3. The van der Waals surface area contributed by atoms with Crippen molar-refractivity contribution in [3.63, 3.8) is 0 Å². The molecule has 0 radical (unpaired) electrons. The van der Waals surface area contributed by atoms with Crippen LogP contribution in [0.15, 0.2) is 54.3 Å². The van der Waals surface area contributed by atoms with E-state index in [-0.39, 0.29) is 24.3 Å². The van der Waals surface area contributed by atoms with Gasteiger partial charge >= 0.3 is 0 Å². The molecule has 3 aliphatic rings. The highest BCUT2D eigenvalue weighted by molar-refractivity contribution is 5.92. The fourth-order valence-corrected chi connectivity index (χ4v) is 5.26. The summed E-state index contributed by atoms with van der Waals surface area (Å²) in [4.78, 5) is 13.0. The van der Waals surface area contributed by atoms with Crippen molar-refractivity contribution in [2.75, 3.05) is 19.8 Å². The van der Waals surface area contributed by atoms with Gasteiger partial charge in [0.1, 0.15) is 0 Å². The monoisotopic (exact) mass is 447 g/mol. The number of aliphatic hydroxyl groups excluding tert-OH is 1. The second kappa shape index (κ2) is 9.70. The number of benzene rings is 2. The van der Waals surface area contributed by atoms with E-state index in [1.165, 1.54) is 40.7 Å². The van der Waals surface area contributed by atoms with Gasteiger partial charge in [-0.3, -0.25) is 4.79 Å². The van der Waals surface area contributed by atoms with Gasteiger partial charge in [-0.2, -0.15) is 0 Å². The Morgan fingerprint density at radius 1 is 1.15 bits per heavy atom. The lowest BCUT2D eigenvalue weighted by molar-refractivity contribution is -0.166. The molecular formula is C28H33NO4. The number of carbonyl (C=O) groups excluding carboxylic acids is 1. The van der Waals surface area contributed by atoms with E-state index in [9.17, 15) is 9.90 Å². The molecule has 1 aliphatic heterocycles. The van der Waals surface area contributed by atoms with E-state index >= 15 is 0 Å². The predicted octanol–water partition coefficient (Wildman–Crippen LogP) is 4.53. The summed E-state index contributed by atoms with van der Waals surface area (Å²) in [6.45, 7) is 3.28. The van der Waals surface area contributed by atoms with E-state index in [2.05, 4.69) is 47.8 Å².